The van der Waals surface area contributed by atoms with Gasteiger partial charge in [0.1, 0.15) is 18.0 Å². The van der Waals surface area contributed by atoms with Crippen LogP contribution in [0.15, 0.2) is 53.7 Å². The highest BCUT2D eigenvalue weighted by Crippen LogP contribution is 2.40. The van der Waals surface area contributed by atoms with E-state index in [1.54, 1.807) is 30.3 Å². The minimum Gasteiger partial charge on any atom is -0.506 e. The summed E-state index contributed by atoms with van der Waals surface area (Å²) < 4.78 is 41.2. The van der Waals surface area contributed by atoms with E-state index in [2.05, 4.69) is 108 Å². The Bertz CT molecular complexity index is 2780. The predicted molar refractivity (Wildman–Crippen MR) is 205 cm³/mol. The summed E-state index contributed by atoms with van der Waals surface area (Å²) in [6.45, 7) is 1.94. The van der Waals surface area contributed by atoms with Gasteiger partial charge in [-0.2, -0.15) is 8.42 Å². The number of rotatable bonds is 12. The molecule has 4 N–H and O–H groups in total. The van der Waals surface area contributed by atoms with Crippen molar-refractivity contribution in [3.05, 3.63) is 59.7 Å². The lowest BCUT2D eigenvalue weighted by molar-refractivity contribution is -0.144. The summed E-state index contributed by atoms with van der Waals surface area (Å²) in [6, 6.07) is 12.5. The lowest BCUT2D eigenvalue weighted by Gasteiger charge is -2.16. The Balaban J connectivity index is 1.61. The van der Waals surface area contributed by atoms with E-state index in [1.165, 1.54) is 34.6 Å². The first kappa shape index (κ1) is 39.9. The van der Waals surface area contributed by atoms with Crippen LogP contribution < -0.4 is 15.2 Å². The number of aromatic hydroxyl groups is 1. The molecule has 0 bridgehead atoms. The van der Waals surface area contributed by atoms with Crippen LogP contribution in [0.1, 0.15) is 29.3 Å². The third-order valence-corrected chi connectivity index (χ3v) is 8.26. The minimum absolute atomic E-state index is 0.0130. The van der Waals surface area contributed by atoms with Gasteiger partial charge in [0.25, 0.3) is 5.91 Å². The summed E-state index contributed by atoms with van der Waals surface area (Å²) in [6.07, 6.45) is 5.63. The van der Waals surface area contributed by atoms with Gasteiger partial charge in [-0.05, 0) is 106 Å². The van der Waals surface area contributed by atoms with E-state index in [1.807, 2.05) is 6.92 Å². The second-order valence-electron chi connectivity index (χ2n) is 10.2. The van der Waals surface area contributed by atoms with Gasteiger partial charge in [0.15, 0.2) is 5.75 Å². The van der Waals surface area contributed by atoms with E-state index in [0.29, 0.717) is 22.5 Å². The summed E-state index contributed by atoms with van der Waals surface area (Å²) in [5, 5.41) is 25.2. The molecule has 0 saturated heterocycles. The first-order chi connectivity index (χ1) is 26.6. The number of tetrazole rings is 1. The molecule has 0 fully saturated rings. The normalized spacial score (nSPS) is 9.31. The van der Waals surface area contributed by atoms with Gasteiger partial charge in [-0.25, -0.2) is 4.68 Å². The minimum atomic E-state index is -4.37. The highest BCUT2D eigenvalue weighted by Gasteiger charge is 2.19. The first-order valence-electron chi connectivity index (χ1n) is 15.5. The number of anilines is 1. The van der Waals surface area contributed by atoms with Crippen molar-refractivity contribution in [1.82, 2.24) is 20.2 Å². The Morgan fingerprint density at radius 2 is 1.55 bits per heavy atom. The largest absolute Gasteiger partial charge is 0.506 e. The predicted octanol–water partition coefficient (Wildman–Crippen LogP) is 3.02. The molecule has 3 aromatic carbocycles. The molecule has 4 rings (SSSR count). The standard InChI is InChI=1S/C40H24N6O7S2/c1-3-5-6-7-8-9-10-11-12-13-14-15-16-19-25-55(50,51)43-34-26-30(29-54-40-42-44-45-46(40)28-37(47)52-24-4-2)22-23-35(34)53-36-27-33(39(41)49)38(48)32-21-18-17-20-31(32)36/h1,17-18,20-23,26-27,43,48H,4,24,28-29H2,2H3,(H2,41,49). The van der Waals surface area contributed by atoms with Crippen LogP contribution in [-0.4, -0.2) is 52.2 Å². The Hall–Kier alpha value is -7.89. The number of amides is 1. The van der Waals surface area contributed by atoms with Crippen molar-refractivity contribution in [2.45, 2.75) is 30.8 Å². The van der Waals surface area contributed by atoms with Gasteiger partial charge in [0.2, 0.25) is 5.16 Å². The fourth-order valence-electron chi connectivity index (χ4n) is 4.13. The monoisotopic (exact) mass is 764 g/mol. The molecule has 0 saturated carbocycles. The number of sulfonamides is 1. The molecule has 4 aromatic rings. The number of benzene rings is 3. The number of aromatic nitrogens is 4. The molecule has 0 aliphatic rings. The highest BCUT2D eigenvalue weighted by molar-refractivity contribution is 7.98. The molecule has 1 heterocycles. The molecule has 13 nitrogen and oxygen atoms in total. The smallest absolute Gasteiger partial charge is 0.327 e. The highest BCUT2D eigenvalue weighted by atomic mass is 32.2. The van der Waals surface area contributed by atoms with Crippen LogP contribution in [0.5, 0.6) is 17.2 Å². The number of nitrogens with two attached hydrogens (primary N) is 1. The number of primary amides is 1. The summed E-state index contributed by atoms with van der Waals surface area (Å²) in [7, 11) is -4.37. The van der Waals surface area contributed by atoms with E-state index in [0.717, 1.165) is 0 Å². The number of carbonyl (C=O) groups is 2. The summed E-state index contributed by atoms with van der Waals surface area (Å²) in [4.78, 5) is 24.3. The van der Waals surface area contributed by atoms with Crippen LogP contribution in [0.2, 0.25) is 0 Å². The summed E-state index contributed by atoms with van der Waals surface area (Å²) >= 11 is 1.18. The van der Waals surface area contributed by atoms with Crippen molar-refractivity contribution in [1.29, 1.82) is 0 Å². The molecule has 0 unspecified atom stereocenters. The van der Waals surface area contributed by atoms with Crippen LogP contribution in [0.3, 0.4) is 0 Å². The van der Waals surface area contributed by atoms with E-state index in [9.17, 15) is 23.1 Å². The Kier molecular flexibility index (Phi) is 14.7. The number of carbonyl (C=O) groups excluding carboxylic acids is 2. The third-order valence-electron chi connectivity index (χ3n) is 6.37. The van der Waals surface area contributed by atoms with Gasteiger partial charge >= 0.3 is 16.0 Å². The maximum atomic E-state index is 13.1. The number of esters is 1. The zero-order valence-electron chi connectivity index (χ0n) is 28.6. The number of hydrogen-bond acceptors (Lipinski definition) is 11. The van der Waals surface area contributed by atoms with Crippen molar-refractivity contribution in [2.75, 3.05) is 11.3 Å². The van der Waals surface area contributed by atoms with Crippen molar-refractivity contribution in [3.63, 3.8) is 0 Å². The van der Waals surface area contributed by atoms with Gasteiger partial charge in [-0.1, -0.05) is 49.0 Å². The van der Waals surface area contributed by atoms with Crippen molar-refractivity contribution in [2.24, 2.45) is 5.73 Å². The number of hydrogen-bond donors (Lipinski definition) is 3. The molecule has 0 aliphatic heterocycles. The molecular formula is C40H24N6O7S2. The number of ether oxygens (including phenoxy) is 2. The average molecular weight is 765 g/mol. The zero-order chi connectivity index (χ0) is 39.5. The molecule has 0 atom stereocenters. The number of thioether (sulfide) groups is 1. The quantitative estimate of drug-likeness (QED) is 0.109. The fraction of sp³-hybridized carbons (Fsp3) is 0.125. The van der Waals surface area contributed by atoms with E-state index >= 15 is 0 Å². The number of phenols is 1. The van der Waals surface area contributed by atoms with Crippen LogP contribution >= 0.6 is 11.8 Å². The Morgan fingerprint density at radius 1 is 0.909 bits per heavy atom. The van der Waals surface area contributed by atoms with Crippen molar-refractivity contribution < 1.29 is 32.6 Å². The van der Waals surface area contributed by atoms with Crippen LogP contribution in [-0.2, 0) is 31.9 Å². The topological polar surface area (TPSA) is 189 Å². The van der Waals surface area contributed by atoms with E-state index in [-0.39, 0.29) is 52.8 Å². The van der Waals surface area contributed by atoms with Crippen LogP contribution in [0.4, 0.5) is 5.69 Å². The molecule has 0 spiro atoms. The third kappa shape index (κ3) is 12.4. The number of nitrogens with one attached hydrogen (secondary N) is 1. The molecule has 0 aliphatic carbocycles. The van der Waals surface area contributed by atoms with E-state index < -0.39 is 21.9 Å². The molecule has 268 valence electrons. The fourth-order valence-corrected chi connectivity index (χ4v) is 5.63. The SMILES string of the molecule is C#CC#CC#CC#CC#CC#CC#CC#CS(=O)(=O)Nc1cc(CSc2nnnn2CC(=O)OCCC)ccc1Oc1cc(C(N)=O)c(O)c2ccccc12. The van der Waals surface area contributed by atoms with Gasteiger partial charge in [-0.3, -0.25) is 14.3 Å². The van der Waals surface area contributed by atoms with Crippen LogP contribution in [0.25, 0.3) is 10.8 Å². The number of fused-ring (bicyclic) bond motifs is 1. The van der Waals surface area contributed by atoms with E-state index in [4.69, 9.17) is 21.6 Å². The summed E-state index contributed by atoms with van der Waals surface area (Å²) in [5.74, 6) is 31.7. The molecule has 0 radical (unpaired) electrons. The molecular weight excluding hydrogens is 741 g/mol. The molecule has 55 heavy (non-hydrogen) atoms. The van der Waals surface area contributed by atoms with Gasteiger partial charge in [0, 0.05) is 34.3 Å². The van der Waals surface area contributed by atoms with Crippen molar-refractivity contribution in [3.8, 4) is 112 Å². The first-order valence-corrected chi connectivity index (χ1v) is 18.0. The van der Waals surface area contributed by atoms with Crippen LogP contribution in [0, 0.1) is 94.6 Å². The average Bonchev–Trinajstić information content (AvgIpc) is 3.61. The lowest BCUT2D eigenvalue weighted by Crippen LogP contribution is -2.16. The Morgan fingerprint density at radius 3 is 2.18 bits per heavy atom. The number of nitrogens with zero attached hydrogens (tertiary/aromatic N) is 4. The van der Waals surface area contributed by atoms with Gasteiger partial charge in [-0.15, -0.1) is 11.5 Å². The molecule has 1 aromatic heterocycles. The second kappa shape index (κ2) is 20.2. The molecule has 1 amide bonds. The Labute approximate surface area is 321 Å². The number of terminal acetylenes is 1. The van der Waals surface area contributed by atoms with Gasteiger partial charge in [0.05, 0.1) is 23.1 Å². The van der Waals surface area contributed by atoms with Crippen molar-refractivity contribution >= 4 is 50.1 Å². The summed E-state index contributed by atoms with van der Waals surface area (Å²) in [5.41, 5.74) is 5.86. The second-order valence-corrected chi connectivity index (χ2v) is 12.6. The zero-order valence-corrected chi connectivity index (χ0v) is 30.2. The maximum Gasteiger partial charge on any atom is 0.327 e. The molecule has 15 heteroatoms. The maximum absolute atomic E-state index is 13.1. The van der Waals surface area contributed by atoms with Gasteiger partial charge < -0.3 is 20.3 Å². The lowest BCUT2D eigenvalue weighted by atomic mass is 10.0.